The largest absolute Gasteiger partial charge is 0.264 e. The van der Waals surface area contributed by atoms with Gasteiger partial charge in [-0.2, -0.15) is 0 Å². The number of benzene rings is 1. The molecule has 0 saturated carbocycles. The fourth-order valence-corrected chi connectivity index (χ4v) is 2.33. The van der Waals surface area contributed by atoms with Crippen LogP contribution < -0.4 is 0 Å². The monoisotopic (exact) mass is 207 g/mol. The van der Waals surface area contributed by atoms with E-state index in [0.29, 0.717) is 4.90 Å². The Hall–Kier alpha value is -1.42. The molecule has 0 fully saturated rings. The van der Waals surface area contributed by atoms with Crippen LogP contribution in [0, 0.1) is 0 Å². The lowest BCUT2D eigenvalue weighted by Gasteiger charge is -2.02. The lowest BCUT2D eigenvalue weighted by Crippen LogP contribution is -1.97. The molecular formula is C10H9NO2S. The van der Waals surface area contributed by atoms with E-state index in [0.717, 1.165) is 10.8 Å². The number of aromatic nitrogens is 1. The minimum absolute atomic E-state index is 0.359. The predicted molar refractivity (Wildman–Crippen MR) is 54.9 cm³/mol. The van der Waals surface area contributed by atoms with E-state index in [2.05, 4.69) is 4.98 Å². The van der Waals surface area contributed by atoms with Gasteiger partial charge in [-0.15, -0.1) is 0 Å². The number of rotatable bonds is 1. The van der Waals surface area contributed by atoms with Crippen LogP contribution >= 0.6 is 0 Å². The zero-order chi connectivity index (χ0) is 10.2. The molecule has 0 aliphatic rings. The average Bonchev–Trinajstić information content (AvgIpc) is 2.15. The first kappa shape index (κ1) is 9.15. The molecule has 0 atom stereocenters. The summed E-state index contributed by atoms with van der Waals surface area (Å²) in [5.41, 5.74) is 0. The molecule has 2 aromatic rings. The number of sulfone groups is 1. The molecule has 4 heteroatoms. The number of hydrogen-bond acceptors (Lipinski definition) is 3. The van der Waals surface area contributed by atoms with Gasteiger partial charge in [-0.3, -0.25) is 4.98 Å². The molecule has 0 bridgehead atoms. The molecule has 2 rings (SSSR count). The van der Waals surface area contributed by atoms with Crippen LogP contribution in [0.15, 0.2) is 41.6 Å². The van der Waals surface area contributed by atoms with Gasteiger partial charge in [0.05, 0.1) is 4.90 Å². The normalized spacial score (nSPS) is 11.8. The van der Waals surface area contributed by atoms with Crippen molar-refractivity contribution < 1.29 is 8.42 Å². The summed E-state index contributed by atoms with van der Waals surface area (Å²) >= 11 is 0. The highest BCUT2D eigenvalue weighted by Crippen LogP contribution is 2.21. The summed E-state index contributed by atoms with van der Waals surface area (Å²) in [6, 6.07) is 6.89. The van der Waals surface area contributed by atoms with E-state index >= 15 is 0 Å². The van der Waals surface area contributed by atoms with Crippen molar-refractivity contribution in [1.29, 1.82) is 0 Å². The molecule has 1 aromatic carbocycles. The van der Waals surface area contributed by atoms with Crippen LogP contribution in [0.4, 0.5) is 0 Å². The van der Waals surface area contributed by atoms with Crippen LogP contribution in [0.2, 0.25) is 0 Å². The third-order valence-electron chi connectivity index (χ3n) is 2.04. The van der Waals surface area contributed by atoms with Gasteiger partial charge in [0, 0.05) is 29.4 Å². The van der Waals surface area contributed by atoms with Gasteiger partial charge >= 0.3 is 0 Å². The second kappa shape index (κ2) is 3.06. The fraction of sp³-hybridized carbons (Fsp3) is 0.100. The zero-order valence-electron chi connectivity index (χ0n) is 7.64. The predicted octanol–water partition coefficient (Wildman–Crippen LogP) is 1.64. The van der Waals surface area contributed by atoms with Gasteiger partial charge in [0.25, 0.3) is 0 Å². The second-order valence-corrected chi connectivity index (χ2v) is 5.11. The van der Waals surface area contributed by atoms with Gasteiger partial charge in [-0.1, -0.05) is 12.1 Å². The van der Waals surface area contributed by atoms with Crippen molar-refractivity contribution in [2.75, 3.05) is 6.26 Å². The highest BCUT2D eigenvalue weighted by atomic mass is 32.2. The first-order valence-electron chi connectivity index (χ1n) is 4.12. The molecule has 0 N–H and O–H groups in total. The maximum absolute atomic E-state index is 11.4. The molecule has 3 nitrogen and oxygen atoms in total. The van der Waals surface area contributed by atoms with Crippen molar-refractivity contribution in [3.05, 3.63) is 36.7 Å². The van der Waals surface area contributed by atoms with E-state index < -0.39 is 9.84 Å². The van der Waals surface area contributed by atoms with Gasteiger partial charge in [0.2, 0.25) is 0 Å². The Kier molecular flexibility index (Phi) is 2.00. The third-order valence-corrected chi connectivity index (χ3v) is 3.20. The van der Waals surface area contributed by atoms with Crippen LogP contribution in [0.25, 0.3) is 10.8 Å². The number of nitrogens with zero attached hydrogens (tertiary/aromatic N) is 1. The number of fused-ring (bicyclic) bond motifs is 1. The molecule has 0 spiro atoms. The summed E-state index contributed by atoms with van der Waals surface area (Å²) in [7, 11) is -3.16. The molecule has 14 heavy (non-hydrogen) atoms. The highest BCUT2D eigenvalue weighted by molar-refractivity contribution is 7.91. The van der Waals surface area contributed by atoms with E-state index in [1.54, 1.807) is 30.6 Å². The first-order valence-corrected chi connectivity index (χ1v) is 6.01. The molecule has 0 amide bonds. The van der Waals surface area contributed by atoms with Gasteiger partial charge in [0.15, 0.2) is 9.84 Å². The van der Waals surface area contributed by atoms with Crippen molar-refractivity contribution >= 4 is 20.6 Å². The average molecular weight is 207 g/mol. The SMILES string of the molecule is CS(=O)(=O)c1cccc2cnccc12. The summed E-state index contributed by atoms with van der Waals surface area (Å²) in [5.74, 6) is 0. The van der Waals surface area contributed by atoms with Gasteiger partial charge in [-0.05, 0) is 12.1 Å². The Morgan fingerprint density at radius 3 is 2.71 bits per heavy atom. The van der Waals surface area contributed by atoms with Crippen molar-refractivity contribution in [2.45, 2.75) is 4.90 Å². The minimum Gasteiger partial charge on any atom is -0.264 e. The summed E-state index contributed by atoms with van der Waals surface area (Å²) in [5, 5.41) is 1.57. The van der Waals surface area contributed by atoms with E-state index in [-0.39, 0.29) is 0 Å². The van der Waals surface area contributed by atoms with Gasteiger partial charge in [-0.25, -0.2) is 8.42 Å². The Morgan fingerprint density at radius 2 is 2.00 bits per heavy atom. The second-order valence-electron chi connectivity index (χ2n) is 3.13. The van der Waals surface area contributed by atoms with E-state index in [1.165, 1.54) is 6.26 Å². The quantitative estimate of drug-likeness (QED) is 0.714. The van der Waals surface area contributed by atoms with E-state index in [4.69, 9.17) is 0 Å². The van der Waals surface area contributed by atoms with Crippen molar-refractivity contribution in [2.24, 2.45) is 0 Å². The zero-order valence-corrected chi connectivity index (χ0v) is 8.45. The maximum atomic E-state index is 11.4. The van der Waals surface area contributed by atoms with Crippen molar-refractivity contribution in [3.8, 4) is 0 Å². The molecule has 1 heterocycles. The standard InChI is InChI=1S/C10H9NO2S/c1-14(12,13)10-4-2-3-8-7-11-6-5-9(8)10/h2-7H,1H3. The Balaban J connectivity index is 2.92. The van der Waals surface area contributed by atoms with Gasteiger partial charge in [0.1, 0.15) is 0 Å². The Morgan fingerprint density at radius 1 is 1.21 bits per heavy atom. The molecule has 0 unspecified atom stereocenters. The third kappa shape index (κ3) is 1.48. The summed E-state index contributed by atoms with van der Waals surface area (Å²) < 4.78 is 22.9. The lowest BCUT2D eigenvalue weighted by atomic mass is 10.2. The molecule has 1 aromatic heterocycles. The minimum atomic E-state index is -3.16. The summed E-state index contributed by atoms with van der Waals surface area (Å²) in [4.78, 5) is 4.30. The molecule has 0 saturated heterocycles. The van der Waals surface area contributed by atoms with E-state index in [1.807, 2.05) is 6.07 Å². The van der Waals surface area contributed by atoms with Crippen LogP contribution in [0.1, 0.15) is 0 Å². The van der Waals surface area contributed by atoms with Crippen LogP contribution in [0.3, 0.4) is 0 Å². The molecular weight excluding hydrogens is 198 g/mol. The highest BCUT2D eigenvalue weighted by Gasteiger charge is 2.10. The van der Waals surface area contributed by atoms with Crippen molar-refractivity contribution in [1.82, 2.24) is 4.98 Å². The molecule has 0 aliphatic heterocycles. The Bertz CT molecular complexity index is 570. The lowest BCUT2D eigenvalue weighted by molar-refractivity contribution is 0.602. The number of hydrogen-bond donors (Lipinski definition) is 0. The Labute approximate surface area is 82.3 Å². The molecule has 0 aliphatic carbocycles. The fourth-order valence-electron chi connectivity index (χ4n) is 1.42. The van der Waals surface area contributed by atoms with E-state index in [9.17, 15) is 8.42 Å². The summed E-state index contributed by atoms with van der Waals surface area (Å²) in [6.07, 6.45) is 4.46. The molecule has 72 valence electrons. The van der Waals surface area contributed by atoms with Gasteiger partial charge < -0.3 is 0 Å². The topological polar surface area (TPSA) is 47.0 Å². The molecule has 0 radical (unpaired) electrons. The summed E-state index contributed by atoms with van der Waals surface area (Å²) in [6.45, 7) is 0. The maximum Gasteiger partial charge on any atom is 0.176 e. The van der Waals surface area contributed by atoms with Crippen LogP contribution in [0.5, 0.6) is 0 Å². The first-order chi connectivity index (χ1) is 6.59. The van der Waals surface area contributed by atoms with Crippen LogP contribution in [-0.4, -0.2) is 19.7 Å². The van der Waals surface area contributed by atoms with Crippen LogP contribution in [-0.2, 0) is 9.84 Å². The smallest absolute Gasteiger partial charge is 0.176 e. The number of pyridine rings is 1. The van der Waals surface area contributed by atoms with Crippen molar-refractivity contribution in [3.63, 3.8) is 0 Å².